The molecule has 0 spiro atoms. The van der Waals surface area contributed by atoms with Crippen molar-refractivity contribution in [1.29, 1.82) is 0 Å². The van der Waals surface area contributed by atoms with Gasteiger partial charge in [0.05, 0.1) is 5.60 Å². The van der Waals surface area contributed by atoms with Crippen LogP contribution in [0.1, 0.15) is 60.8 Å². The van der Waals surface area contributed by atoms with E-state index >= 15 is 0 Å². The lowest BCUT2D eigenvalue weighted by Crippen LogP contribution is -2.53. The van der Waals surface area contributed by atoms with Crippen molar-refractivity contribution >= 4 is 0 Å². The summed E-state index contributed by atoms with van der Waals surface area (Å²) in [5, 5.41) is 3.67. The molecule has 0 heterocycles. The standard InChI is InChI=1S/C14H31NO/c1-7-11-15-13(12(8-2)9-3)14(5,6)16-10-4/h12-13,15H,7-11H2,1-6H3. The zero-order valence-corrected chi connectivity index (χ0v) is 12.1. The summed E-state index contributed by atoms with van der Waals surface area (Å²) >= 11 is 0. The van der Waals surface area contributed by atoms with E-state index in [0.29, 0.717) is 12.0 Å². The second kappa shape index (κ2) is 8.08. The summed E-state index contributed by atoms with van der Waals surface area (Å²) < 4.78 is 5.91. The molecule has 0 aliphatic heterocycles. The molecule has 1 atom stereocenters. The molecule has 0 aliphatic carbocycles. The van der Waals surface area contributed by atoms with Crippen molar-refractivity contribution in [2.24, 2.45) is 5.92 Å². The van der Waals surface area contributed by atoms with Crippen LogP contribution in [0.5, 0.6) is 0 Å². The fraction of sp³-hybridized carbons (Fsp3) is 1.00. The zero-order chi connectivity index (χ0) is 12.6. The van der Waals surface area contributed by atoms with E-state index in [-0.39, 0.29) is 5.60 Å². The van der Waals surface area contributed by atoms with E-state index in [4.69, 9.17) is 4.74 Å². The Kier molecular flexibility index (Phi) is 8.04. The van der Waals surface area contributed by atoms with Crippen molar-refractivity contribution in [3.05, 3.63) is 0 Å². The van der Waals surface area contributed by atoms with Gasteiger partial charge in [0, 0.05) is 12.6 Å². The van der Waals surface area contributed by atoms with Crippen LogP contribution in [-0.4, -0.2) is 24.8 Å². The molecule has 0 amide bonds. The minimum Gasteiger partial charge on any atom is -0.374 e. The van der Waals surface area contributed by atoms with E-state index in [1.54, 1.807) is 0 Å². The first-order valence-corrected chi connectivity index (χ1v) is 6.90. The number of hydrogen-bond acceptors (Lipinski definition) is 2. The average molecular weight is 229 g/mol. The van der Waals surface area contributed by atoms with E-state index in [1.807, 2.05) is 0 Å². The summed E-state index contributed by atoms with van der Waals surface area (Å²) in [4.78, 5) is 0. The molecule has 1 unspecified atom stereocenters. The first kappa shape index (κ1) is 15.9. The number of rotatable bonds is 9. The maximum absolute atomic E-state index is 5.91. The van der Waals surface area contributed by atoms with Crippen LogP contribution in [0.4, 0.5) is 0 Å². The molecule has 98 valence electrons. The Balaban J connectivity index is 4.61. The average Bonchev–Trinajstić information content (AvgIpc) is 2.23. The lowest BCUT2D eigenvalue weighted by Gasteiger charge is -2.39. The van der Waals surface area contributed by atoms with Crippen molar-refractivity contribution in [2.45, 2.75) is 72.4 Å². The minimum absolute atomic E-state index is 0.0688. The number of hydrogen-bond donors (Lipinski definition) is 1. The summed E-state index contributed by atoms with van der Waals surface area (Å²) in [6, 6.07) is 0.461. The molecular weight excluding hydrogens is 198 g/mol. The Morgan fingerprint density at radius 2 is 1.62 bits per heavy atom. The maximum atomic E-state index is 5.91. The fourth-order valence-electron chi connectivity index (χ4n) is 2.50. The van der Waals surface area contributed by atoms with E-state index in [0.717, 1.165) is 13.2 Å². The third kappa shape index (κ3) is 4.84. The number of ether oxygens (including phenoxy) is 1. The molecule has 0 fully saturated rings. The lowest BCUT2D eigenvalue weighted by atomic mass is 9.83. The normalized spacial score (nSPS) is 14.4. The van der Waals surface area contributed by atoms with Crippen molar-refractivity contribution in [1.82, 2.24) is 5.32 Å². The van der Waals surface area contributed by atoms with Gasteiger partial charge in [-0.05, 0) is 39.7 Å². The van der Waals surface area contributed by atoms with Crippen LogP contribution in [-0.2, 0) is 4.74 Å². The van der Waals surface area contributed by atoms with Crippen LogP contribution in [0.15, 0.2) is 0 Å². The van der Waals surface area contributed by atoms with Gasteiger partial charge in [-0.25, -0.2) is 0 Å². The monoisotopic (exact) mass is 229 g/mol. The Hall–Kier alpha value is -0.0800. The highest BCUT2D eigenvalue weighted by Crippen LogP contribution is 2.26. The van der Waals surface area contributed by atoms with E-state index in [9.17, 15) is 0 Å². The largest absolute Gasteiger partial charge is 0.374 e. The van der Waals surface area contributed by atoms with Gasteiger partial charge in [0.1, 0.15) is 0 Å². The van der Waals surface area contributed by atoms with Crippen LogP contribution in [0.2, 0.25) is 0 Å². The van der Waals surface area contributed by atoms with Gasteiger partial charge >= 0.3 is 0 Å². The third-order valence-corrected chi connectivity index (χ3v) is 3.40. The van der Waals surface area contributed by atoms with Gasteiger partial charge in [-0.3, -0.25) is 0 Å². The van der Waals surface area contributed by atoms with Gasteiger partial charge in [0.2, 0.25) is 0 Å². The first-order valence-electron chi connectivity index (χ1n) is 6.90. The molecule has 16 heavy (non-hydrogen) atoms. The molecule has 0 rings (SSSR count). The molecule has 0 bridgehead atoms. The quantitative estimate of drug-likeness (QED) is 0.652. The van der Waals surface area contributed by atoms with E-state index in [2.05, 4.69) is 46.9 Å². The highest BCUT2D eigenvalue weighted by atomic mass is 16.5. The predicted octanol–water partition coefficient (Wildman–Crippen LogP) is 3.61. The predicted molar refractivity (Wildman–Crippen MR) is 71.9 cm³/mol. The smallest absolute Gasteiger partial charge is 0.0781 e. The fourth-order valence-corrected chi connectivity index (χ4v) is 2.50. The minimum atomic E-state index is -0.0688. The second-order valence-corrected chi connectivity index (χ2v) is 5.04. The van der Waals surface area contributed by atoms with Gasteiger partial charge in [-0.15, -0.1) is 0 Å². The van der Waals surface area contributed by atoms with Crippen LogP contribution in [0, 0.1) is 5.92 Å². The van der Waals surface area contributed by atoms with Crippen molar-refractivity contribution in [3.63, 3.8) is 0 Å². The van der Waals surface area contributed by atoms with Gasteiger partial charge in [-0.1, -0.05) is 33.6 Å². The number of nitrogens with one attached hydrogen (secondary N) is 1. The summed E-state index contributed by atoms with van der Waals surface area (Å²) in [6.45, 7) is 15.1. The molecule has 0 radical (unpaired) electrons. The Morgan fingerprint density at radius 1 is 1.06 bits per heavy atom. The summed E-state index contributed by atoms with van der Waals surface area (Å²) in [6.07, 6.45) is 3.61. The highest BCUT2D eigenvalue weighted by Gasteiger charge is 2.34. The van der Waals surface area contributed by atoms with Crippen molar-refractivity contribution in [3.8, 4) is 0 Å². The van der Waals surface area contributed by atoms with Crippen LogP contribution in [0.25, 0.3) is 0 Å². The molecule has 0 aromatic carbocycles. The van der Waals surface area contributed by atoms with E-state index in [1.165, 1.54) is 19.3 Å². The van der Waals surface area contributed by atoms with Gasteiger partial charge < -0.3 is 10.1 Å². The topological polar surface area (TPSA) is 21.3 Å². The molecule has 0 saturated carbocycles. The van der Waals surface area contributed by atoms with Gasteiger partial charge in [0.15, 0.2) is 0 Å². The molecule has 2 heteroatoms. The molecular formula is C14H31NO. The van der Waals surface area contributed by atoms with Crippen LogP contribution < -0.4 is 5.32 Å². The second-order valence-electron chi connectivity index (χ2n) is 5.04. The van der Waals surface area contributed by atoms with Crippen molar-refractivity contribution < 1.29 is 4.74 Å². The molecule has 0 aromatic heterocycles. The molecule has 2 nitrogen and oxygen atoms in total. The Labute approximate surface area is 102 Å². The Morgan fingerprint density at radius 3 is 2.00 bits per heavy atom. The molecule has 0 aromatic rings. The summed E-state index contributed by atoms with van der Waals surface area (Å²) in [5.41, 5.74) is -0.0688. The third-order valence-electron chi connectivity index (χ3n) is 3.40. The summed E-state index contributed by atoms with van der Waals surface area (Å²) in [7, 11) is 0. The molecule has 1 N–H and O–H groups in total. The highest BCUT2D eigenvalue weighted by molar-refractivity contribution is 4.90. The lowest BCUT2D eigenvalue weighted by molar-refractivity contribution is -0.0539. The van der Waals surface area contributed by atoms with Crippen LogP contribution >= 0.6 is 0 Å². The van der Waals surface area contributed by atoms with Crippen LogP contribution in [0.3, 0.4) is 0 Å². The van der Waals surface area contributed by atoms with Gasteiger partial charge in [-0.2, -0.15) is 0 Å². The van der Waals surface area contributed by atoms with E-state index < -0.39 is 0 Å². The Bertz CT molecular complexity index is 164. The van der Waals surface area contributed by atoms with Gasteiger partial charge in [0.25, 0.3) is 0 Å². The van der Waals surface area contributed by atoms with Crippen molar-refractivity contribution in [2.75, 3.05) is 13.2 Å². The molecule has 0 saturated heterocycles. The summed E-state index contributed by atoms with van der Waals surface area (Å²) in [5.74, 6) is 0.702. The SMILES string of the molecule is CCCNC(C(CC)CC)C(C)(C)OCC. The first-order chi connectivity index (χ1) is 7.53. The zero-order valence-electron chi connectivity index (χ0n) is 12.1. The molecule has 0 aliphatic rings. The maximum Gasteiger partial charge on any atom is 0.0781 e.